The van der Waals surface area contributed by atoms with Gasteiger partial charge in [0.15, 0.2) is 0 Å². The van der Waals surface area contributed by atoms with Crippen molar-refractivity contribution in [2.75, 3.05) is 5.06 Å². The molecular formula is C23H26ClNOSi. The van der Waals surface area contributed by atoms with Gasteiger partial charge < -0.3 is 4.53 Å². The standard InChI is InChI=1S/C23H26ClNOSi/c1-27(2,3)26-25(22-12-8-5-9-13-22)23(18-19-10-6-4-7-11-19)20-14-16-21(24)17-15-20/h4-17,23H,18H2,1-3H3. The molecule has 3 aromatic carbocycles. The summed E-state index contributed by atoms with van der Waals surface area (Å²) in [7, 11) is -1.83. The van der Waals surface area contributed by atoms with E-state index in [1.807, 2.05) is 24.3 Å². The van der Waals surface area contributed by atoms with Crippen LogP contribution >= 0.6 is 11.6 Å². The Balaban J connectivity index is 2.04. The van der Waals surface area contributed by atoms with Gasteiger partial charge in [-0.25, -0.2) is 0 Å². The molecule has 3 rings (SSSR count). The molecule has 3 aromatic rings. The van der Waals surface area contributed by atoms with Crippen molar-refractivity contribution in [3.8, 4) is 0 Å². The fourth-order valence-electron chi connectivity index (χ4n) is 3.02. The van der Waals surface area contributed by atoms with E-state index in [0.717, 1.165) is 17.1 Å². The summed E-state index contributed by atoms with van der Waals surface area (Å²) in [6.07, 6.45) is 0.849. The monoisotopic (exact) mass is 395 g/mol. The topological polar surface area (TPSA) is 12.5 Å². The van der Waals surface area contributed by atoms with Crippen molar-refractivity contribution in [3.63, 3.8) is 0 Å². The predicted molar refractivity (Wildman–Crippen MR) is 118 cm³/mol. The molecule has 0 saturated heterocycles. The first-order valence-electron chi connectivity index (χ1n) is 9.25. The zero-order valence-electron chi connectivity index (χ0n) is 16.1. The third-order valence-electron chi connectivity index (χ3n) is 4.19. The number of hydrogen-bond acceptors (Lipinski definition) is 2. The summed E-state index contributed by atoms with van der Waals surface area (Å²) in [5.41, 5.74) is 3.53. The van der Waals surface area contributed by atoms with Crippen LogP contribution in [0, 0.1) is 0 Å². The van der Waals surface area contributed by atoms with Gasteiger partial charge in [-0.05, 0) is 61.5 Å². The van der Waals surface area contributed by atoms with Crippen LogP contribution < -0.4 is 5.06 Å². The molecule has 0 fully saturated rings. The number of rotatable bonds is 7. The second-order valence-corrected chi connectivity index (χ2v) is 12.5. The summed E-state index contributed by atoms with van der Waals surface area (Å²) < 4.78 is 6.58. The first kappa shape index (κ1) is 19.7. The molecule has 27 heavy (non-hydrogen) atoms. The average molecular weight is 396 g/mol. The summed E-state index contributed by atoms with van der Waals surface area (Å²) >= 11 is 6.14. The van der Waals surface area contributed by atoms with Gasteiger partial charge in [0, 0.05) is 5.02 Å². The summed E-state index contributed by atoms with van der Waals surface area (Å²) in [6.45, 7) is 6.64. The maximum absolute atomic E-state index is 6.58. The van der Waals surface area contributed by atoms with Crippen LogP contribution in [0.5, 0.6) is 0 Å². The van der Waals surface area contributed by atoms with Gasteiger partial charge in [0.05, 0.1) is 11.7 Å². The van der Waals surface area contributed by atoms with Crippen molar-refractivity contribution in [2.45, 2.75) is 32.1 Å². The summed E-state index contributed by atoms with van der Waals surface area (Å²) in [6, 6.07) is 29.1. The van der Waals surface area contributed by atoms with Gasteiger partial charge >= 0.3 is 0 Å². The third kappa shape index (κ3) is 5.70. The molecule has 0 aliphatic rings. The highest BCUT2D eigenvalue weighted by atomic mass is 35.5. The molecule has 2 nitrogen and oxygen atoms in total. The van der Waals surface area contributed by atoms with Crippen LogP contribution in [0.1, 0.15) is 17.2 Å². The number of benzene rings is 3. The van der Waals surface area contributed by atoms with Crippen LogP contribution in [0.25, 0.3) is 0 Å². The minimum absolute atomic E-state index is 0.0544. The Labute approximate surface area is 168 Å². The van der Waals surface area contributed by atoms with Crippen LogP contribution in [0.3, 0.4) is 0 Å². The fourth-order valence-corrected chi connectivity index (χ4v) is 3.97. The fraction of sp³-hybridized carbons (Fsp3) is 0.217. The molecule has 140 valence electrons. The number of halogens is 1. The molecule has 4 heteroatoms. The first-order valence-corrected chi connectivity index (χ1v) is 13.0. The van der Waals surface area contributed by atoms with Gasteiger partial charge in [-0.15, -0.1) is 0 Å². The van der Waals surface area contributed by atoms with Gasteiger partial charge in [-0.3, -0.25) is 5.06 Å². The van der Waals surface area contributed by atoms with Gasteiger partial charge in [0.2, 0.25) is 8.32 Å². The lowest BCUT2D eigenvalue weighted by atomic mass is 9.98. The molecule has 0 aliphatic heterocycles. The Morgan fingerprint density at radius 3 is 1.93 bits per heavy atom. The molecule has 0 aliphatic carbocycles. The number of hydroxylamine groups is 1. The molecule has 0 heterocycles. The van der Waals surface area contributed by atoms with Crippen molar-refractivity contribution < 1.29 is 4.53 Å². The SMILES string of the molecule is C[Si](C)(C)ON(c1ccccc1)C(Cc1ccccc1)c1ccc(Cl)cc1. The molecule has 0 N–H and O–H groups in total. The third-order valence-corrected chi connectivity index (χ3v) is 5.19. The zero-order valence-corrected chi connectivity index (χ0v) is 17.9. The summed E-state index contributed by atoms with van der Waals surface area (Å²) in [5, 5.41) is 2.84. The first-order chi connectivity index (χ1) is 12.9. The molecule has 0 spiro atoms. The van der Waals surface area contributed by atoms with E-state index in [9.17, 15) is 0 Å². The molecule has 0 saturated carbocycles. The largest absolute Gasteiger partial charge is 0.320 e. The van der Waals surface area contributed by atoms with Gasteiger partial charge in [-0.2, -0.15) is 0 Å². The van der Waals surface area contributed by atoms with Crippen LogP contribution in [0.15, 0.2) is 84.9 Å². The molecule has 0 amide bonds. The molecule has 0 bridgehead atoms. The lowest BCUT2D eigenvalue weighted by molar-refractivity contribution is 0.233. The van der Waals surface area contributed by atoms with Crippen molar-refractivity contribution in [2.24, 2.45) is 0 Å². The quantitative estimate of drug-likeness (QED) is 0.318. The van der Waals surface area contributed by atoms with E-state index < -0.39 is 8.32 Å². The number of para-hydroxylation sites is 1. The van der Waals surface area contributed by atoms with E-state index in [2.05, 4.69) is 85.4 Å². The highest BCUT2D eigenvalue weighted by molar-refractivity contribution is 6.69. The highest BCUT2D eigenvalue weighted by Gasteiger charge is 2.28. The summed E-state index contributed by atoms with van der Waals surface area (Å²) in [5.74, 6) is 0. The average Bonchev–Trinajstić information content (AvgIpc) is 2.66. The zero-order chi connectivity index (χ0) is 19.3. The Kier molecular flexibility index (Phi) is 6.37. The molecular weight excluding hydrogens is 370 g/mol. The van der Waals surface area contributed by atoms with Crippen LogP contribution in [-0.2, 0) is 10.9 Å². The van der Waals surface area contributed by atoms with Crippen molar-refractivity contribution >= 4 is 25.6 Å². The van der Waals surface area contributed by atoms with Crippen molar-refractivity contribution in [3.05, 3.63) is 101 Å². The predicted octanol–water partition coefficient (Wildman–Crippen LogP) is 6.90. The molecule has 1 unspecified atom stereocenters. The lowest BCUT2D eigenvalue weighted by Gasteiger charge is -2.37. The van der Waals surface area contributed by atoms with Crippen molar-refractivity contribution in [1.82, 2.24) is 0 Å². The van der Waals surface area contributed by atoms with Gasteiger partial charge in [0.1, 0.15) is 0 Å². The maximum atomic E-state index is 6.58. The van der Waals surface area contributed by atoms with Crippen molar-refractivity contribution in [1.29, 1.82) is 0 Å². The normalized spacial score (nSPS) is 12.6. The highest BCUT2D eigenvalue weighted by Crippen LogP contribution is 2.33. The van der Waals surface area contributed by atoms with E-state index in [-0.39, 0.29) is 6.04 Å². The van der Waals surface area contributed by atoms with E-state index >= 15 is 0 Å². The van der Waals surface area contributed by atoms with Gasteiger partial charge in [-0.1, -0.05) is 72.3 Å². The Morgan fingerprint density at radius 1 is 0.815 bits per heavy atom. The van der Waals surface area contributed by atoms with Gasteiger partial charge in [0.25, 0.3) is 0 Å². The molecule has 0 radical (unpaired) electrons. The minimum atomic E-state index is -1.83. The Bertz CT molecular complexity index is 832. The maximum Gasteiger partial charge on any atom is 0.220 e. The van der Waals surface area contributed by atoms with E-state index in [1.165, 1.54) is 11.1 Å². The van der Waals surface area contributed by atoms with E-state index in [0.29, 0.717) is 0 Å². The Hall–Kier alpha value is -2.07. The van der Waals surface area contributed by atoms with Crippen LogP contribution in [0.4, 0.5) is 5.69 Å². The molecule has 1 atom stereocenters. The molecule has 0 aromatic heterocycles. The van der Waals surface area contributed by atoms with Crippen LogP contribution in [0.2, 0.25) is 24.7 Å². The summed E-state index contributed by atoms with van der Waals surface area (Å²) in [4.78, 5) is 0. The second kappa shape index (κ2) is 8.74. The van der Waals surface area contributed by atoms with E-state index in [4.69, 9.17) is 16.1 Å². The minimum Gasteiger partial charge on any atom is -0.320 e. The van der Waals surface area contributed by atoms with Crippen LogP contribution in [-0.4, -0.2) is 8.32 Å². The Morgan fingerprint density at radius 2 is 1.37 bits per heavy atom. The number of hydrogen-bond donors (Lipinski definition) is 0. The second-order valence-electron chi connectivity index (χ2n) is 7.62. The van der Waals surface area contributed by atoms with E-state index in [1.54, 1.807) is 0 Å². The smallest absolute Gasteiger partial charge is 0.220 e. The number of nitrogens with zero attached hydrogens (tertiary/aromatic N) is 1. The lowest BCUT2D eigenvalue weighted by Crippen LogP contribution is -2.40. The number of anilines is 1.